The Balaban J connectivity index is 1.59. The van der Waals surface area contributed by atoms with Crippen LogP contribution in [0.2, 0.25) is 0 Å². The first-order valence-corrected chi connectivity index (χ1v) is 8.42. The van der Waals surface area contributed by atoms with Crippen molar-refractivity contribution in [2.75, 3.05) is 31.6 Å². The summed E-state index contributed by atoms with van der Waals surface area (Å²) >= 11 is 0. The average Bonchev–Trinajstić information content (AvgIpc) is 3.30. The summed E-state index contributed by atoms with van der Waals surface area (Å²) in [6, 6.07) is 5.89. The number of nitrogens with one attached hydrogen (secondary N) is 1. The minimum atomic E-state index is -0.471. The number of hydrogen-bond acceptors (Lipinski definition) is 6. The summed E-state index contributed by atoms with van der Waals surface area (Å²) in [4.78, 5) is 27.5. The molecular weight excluding hydrogens is 332 g/mol. The number of ether oxygens (including phenoxy) is 1. The molecule has 0 saturated carbocycles. The van der Waals surface area contributed by atoms with Crippen LogP contribution in [0.4, 0.5) is 10.6 Å². The lowest BCUT2D eigenvalue weighted by Crippen LogP contribution is -2.33. The summed E-state index contributed by atoms with van der Waals surface area (Å²) in [5, 5.41) is 11.8. The van der Waals surface area contributed by atoms with Crippen molar-refractivity contribution in [1.82, 2.24) is 19.9 Å². The second-order valence-corrected chi connectivity index (χ2v) is 6.35. The molecule has 3 aromatic heterocycles. The van der Waals surface area contributed by atoms with E-state index in [1.165, 1.54) is 4.90 Å². The van der Waals surface area contributed by atoms with Crippen molar-refractivity contribution in [2.45, 2.75) is 12.5 Å². The van der Waals surface area contributed by atoms with Crippen LogP contribution < -0.4 is 4.90 Å². The quantitative estimate of drug-likeness (QED) is 0.728. The van der Waals surface area contributed by atoms with Crippen LogP contribution in [-0.4, -0.2) is 58.7 Å². The van der Waals surface area contributed by atoms with Crippen molar-refractivity contribution in [1.29, 1.82) is 5.26 Å². The van der Waals surface area contributed by atoms with Crippen molar-refractivity contribution >= 4 is 33.7 Å². The Kier molecular flexibility index (Phi) is 4.05. The minimum Gasteiger partial charge on any atom is -0.444 e. The van der Waals surface area contributed by atoms with Crippen molar-refractivity contribution in [3.63, 3.8) is 0 Å². The third-order valence-electron chi connectivity index (χ3n) is 4.62. The van der Waals surface area contributed by atoms with Crippen LogP contribution in [0.25, 0.3) is 21.8 Å². The largest absolute Gasteiger partial charge is 0.444 e. The van der Waals surface area contributed by atoms with E-state index in [0.717, 1.165) is 40.6 Å². The number of aromatic nitrogens is 3. The first kappa shape index (κ1) is 16.1. The van der Waals surface area contributed by atoms with E-state index in [2.05, 4.69) is 19.9 Å². The lowest BCUT2D eigenvalue weighted by atomic mass is 10.1. The number of hydrogen-bond donors (Lipinski definition) is 1. The van der Waals surface area contributed by atoms with E-state index in [1.807, 2.05) is 30.6 Å². The van der Waals surface area contributed by atoms with Gasteiger partial charge in [0.05, 0.1) is 12.6 Å². The highest BCUT2D eigenvalue weighted by Gasteiger charge is 2.29. The highest BCUT2D eigenvalue weighted by Crippen LogP contribution is 2.32. The molecule has 0 aromatic carbocycles. The van der Waals surface area contributed by atoms with Crippen molar-refractivity contribution in [3.05, 3.63) is 30.7 Å². The number of amides is 1. The molecule has 132 valence electrons. The number of H-pyrrole nitrogens is 1. The van der Waals surface area contributed by atoms with Crippen LogP contribution in [0.15, 0.2) is 30.7 Å². The summed E-state index contributed by atoms with van der Waals surface area (Å²) in [5.41, 5.74) is 0.826. The second kappa shape index (κ2) is 6.52. The zero-order chi connectivity index (χ0) is 18.1. The topological polar surface area (TPSA) is 98.1 Å². The first-order chi connectivity index (χ1) is 12.7. The van der Waals surface area contributed by atoms with Crippen molar-refractivity contribution in [2.24, 2.45) is 0 Å². The number of nitrogens with zero attached hydrogens (tertiary/aromatic N) is 5. The highest BCUT2D eigenvalue weighted by atomic mass is 16.6. The molecule has 1 N–H and O–H groups in total. The van der Waals surface area contributed by atoms with Crippen LogP contribution in [-0.2, 0) is 4.74 Å². The van der Waals surface area contributed by atoms with E-state index in [0.29, 0.717) is 6.54 Å². The molecule has 1 aliphatic rings. The van der Waals surface area contributed by atoms with Gasteiger partial charge >= 0.3 is 6.09 Å². The lowest BCUT2D eigenvalue weighted by molar-refractivity contribution is 0.0810. The summed E-state index contributed by atoms with van der Waals surface area (Å²) in [7, 11) is 1.56. The van der Waals surface area contributed by atoms with Gasteiger partial charge in [-0.25, -0.2) is 14.8 Å². The first-order valence-electron chi connectivity index (χ1n) is 8.42. The number of anilines is 1. The Morgan fingerprint density at radius 2 is 2.38 bits per heavy atom. The molecule has 1 atom stereocenters. The molecule has 3 aromatic rings. The zero-order valence-corrected chi connectivity index (χ0v) is 14.3. The van der Waals surface area contributed by atoms with Gasteiger partial charge < -0.3 is 14.6 Å². The molecule has 4 rings (SSSR count). The smallest absolute Gasteiger partial charge is 0.410 e. The predicted octanol–water partition coefficient (Wildman–Crippen LogP) is 2.28. The molecule has 0 spiro atoms. The number of rotatable bonds is 3. The Morgan fingerprint density at radius 3 is 3.23 bits per heavy atom. The Morgan fingerprint density at radius 1 is 1.50 bits per heavy atom. The third-order valence-corrected chi connectivity index (χ3v) is 4.62. The maximum absolute atomic E-state index is 12.0. The summed E-state index contributed by atoms with van der Waals surface area (Å²) in [5.74, 6) is 0.874. The molecule has 0 bridgehead atoms. The third kappa shape index (κ3) is 2.77. The molecule has 8 nitrogen and oxygen atoms in total. The van der Waals surface area contributed by atoms with E-state index in [1.54, 1.807) is 13.2 Å². The molecule has 26 heavy (non-hydrogen) atoms. The van der Waals surface area contributed by atoms with Gasteiger partial charge in [-0.15, -0.1) is 0 Å². The van der Waals surface area contributed by atoms with E-state index in [4.69, 9.17) is 10.00 Å². The van der Waals surface area contributed by atoms with Gasteiger partial charge in [-0.2, -0.15) is 5.26 Å². The number of carbonyl (C=O) groups excluding carboxylic acids is 1. The van der Waals surface area contributed by atoms with Crippen LogP contribution in [0.3, 0.4) is 0 Å². The number of pyridine rings is 2. The SMILES string of the molecule is CN(CC#N)C(=O)OC1CCN(c2nccc3cnc4[nH]ccc4c23)C1. The van der Waals surface area contributed by atoms with Gasteiger partial charge in [0.1, 0.15) is 24.1 Å². The summed E-state index contributed by atoms with van der Waals surface area (Å²) in [6.07, 6.45) is 5.52. The van der Waals surface area contributed by atoms with Crippen LogP contribution in [0, 0.1) is 11.3 Å². The van der Waals surface area contributed by atoms with E-state index in [9.17, 15) is 4.79 Å². The molecule has 1 amide bonds. The maximum atomic E-state index is 12.0. The molecule has 1 saturated heterocycles. The molecule has 1 unspecified atom stereocenters. The molecule has 1 fully saturated rings. The van der Waals surface area contributed by atoms with E-state index in [-0.39, 0.29) is 12.6 Å². The average molecular weight is 350 g/mol. The van der Waals surface area contributed by atoms with Crippen molar-refractivity contribution < 1.29 is 9.53 Å². The van der Waals surface area contributed by atoms with Gasteiger partial charge in [0, 0.05) is 54.8 Å². The fourth-order valence-corrected chi connectivity index (χ4v) is 3.31. The number of fused-ring (bicyclic) bond motifs is 3. The minimum absolute atomic E-state index is 0.0125. The number of carbonyl (C=O) groups is 1. The van der Waals surface area contributed by atoms with Crippen LogP contribution >= 0.6 is 0 Å². The fourth-order valence-electron chi connectivity index (χ4n) is 3.31. The summed E-state index contributed by atoms with van der Waals surface area (Å²) < 4.78 is 5.51. The standard InChI is InChI=1S/C18H18N6O2/c1-23(9-5-19)18(25)26-13-4-8-24(11-13)17-15-12(2-6-21-17)10-22-16-14(15)3-7-20-16/h2-3,6-7,10,13H,4,8-9,11H2,1H3,(H,20,22). The van der Waals surface area contributed by atoms with Gasteiger partial charge in [-0.3, -0.25) is 4.90 Å². The Bertz CT molecular complexity index is 1010. The Labute approximate surface area is 150 Å². The monoisotopic (exact) mass is 350 g/mol. The fraction of sp³-hybridized carbons (Fsp3) is 0.333. The molecule has 1 aliphatic heterocycles. The second-order valence-electron chi connectivity index (χ2n) is 6.35. The molecule has 4 heterocycles. The van der Waals surface area contributed by atoms with Crippen LogP contribution in [0.5, 0.6) is 0 Å². The maximum Gasteiger partial charge on any atom is 0.410 e. The van der Waals surface area contributed by atoms with E-state index < -0.39 is 6.09 Å². The Hall–Kier alpha value is -3.34. The molecule has 0 aliphatic carbocycles. The van der Waals surface area contributed by atoms with E-state index >= 15 is 0 Å². The predicted molar refractivity (Wildman–Crippen MR) is 96.7 cm³/mol. The van der Waals surface area contributed by atoms with Crippen molar-refractivity contribution in [3.8, 4) is 6.07 Å². The molecular formula is C18H18N6O2. The van der Waals surface area contributed by atoms with Gasteiger partial charge in [-0.1, -0.05) is 0 Å². The number of nitriles is 1. The van der Waals surface area contributed by atoms with Gasteiger partial charge in [0.25, 0.3) is 0 Å². The number of aromatic amines is 1. The lowest BCUT2D eigenvalue weighted by Gasteiger charge is -2.20. The summed E-state index contributed by atoms with van der Waals surface area (Å²) in [6.45, 7) is 1.34. The highest BCUT2D eigenvalue weighted by molar-refractivity contribution is 6.10. The van der Waals surface area contributed by atoms with Gasteiger partial charge in [0.2, 0.25) is 0 Å². The molecule has 8 heteroatoms. The van der Waals surface area contributed by atoms with Crippen LogP contribution in [0.1, 0.15) is 6.42 Å². The molecule has 0 radical (unpaired) electrons. The van der Waals surface area contributed by atoms with Gasteiger partial charge in [0.15, 0.2) is 0 Å². The zero-order valence-electron chi connectivity index (χ0n) is 14.3. The normalized spacial score (nSPS) is 16.8. The van der Waals surface area contributed by atoms with Gasteiger partial charge in [-0.05, 0) is 12.1 Å².